The van der Waals surface area contributed by atoms with Gasteiger partial charge in [-0.3, -0.25) is 0 Å². The summed E-state index contributed by atoms with van der Waals surface area (Å²) in [5, 5.41) is -0.202. The van der Waals surface area contributed by atoms with E-state index >= 15 is 0 Å². The van der Waals surface area contributed by atoms with Crippen molar-refractivity contribution in [2.75, 3.05) is 20.6 Å². The number of hydrogen-bond donors (Lipinski definition) is 0. The van der Waals surface area contributed by atoms with Crippen LogP contribution in [0.15, 0.2) is 18.2 Å². The van der Waals surface area contributed by atoms with Crippen molar-refractivity contribution in [2.24, 2.45) is 0 Å². The van der Waals surface area contributed by atoms with E-state index in [1.807, 2.05) is 6.92 Å². The molecule has 0 saturated carbocycles. The quantitative estimate of drug-likeness (QED) is 0.778. The Morgan fingerprint density at radius 1 is 1.35 bits per heavy atom. The summed E-state index contributed by atoms with van der Waals surface area (Å²) >= 11 is 6.24. The van der Waals surface area contributed by atoms with Crippen LogP contribution in [0.3, 0.4) is 0 Å². The molecule has 1 heterocycles. The van der Waals surface area contributed by atoms with Crippen LogP contribution < -0.4 is 0 Å². The van der Waals surface area contributed by atoms with Crippen molar-refractivity contribution in [3.63, 3.8) is 0 Å². The highest BCUT2D eigenvalue weighted by Crippen LogP contribution is 2.29. The van der Waals surface area contributed by atoms with Crippen LogP contribution in [0, 0.1) is 5.82 Å². The summed E-state index contributed by atoms with van der Waals surface area (Å²) in [5.41, 5.74) is 1.62. The lowest BCUT2D eigenvalue weighted by molar-refractivity contribution is 0.357. The van der Waals surface area contributed by atoms with Gasteiger partial charge >= 0.3 is 0 Å². The zero-order chi connectivity index (χ0) is 14.9. The third-order valence-corrected chi connectivity index (χ3v) is 3.66. The largest absolute Gasteiger partial charge is 0.324 e. The van der Waals surface area contributed by atoms with Gasteiger partial charge in [0.2, 0.25) is 0 Å². The molecule has 2 aromatic rings. The molecule has 1 aromatic carbocycles. The molecule has 20 heavy (non-hydrogen) atoms. The Balaban J connectivity index is 2.45. The Bertz CT molecular complexity index is 592. The fourth-order valence-corrected chi connectivity index (χ4v) is 2.56. The van der Waals surface area contributed by atoms with E-state index in [1.54, 1.807) is 6.07 Å². The number of imidazole rings is 1. The van der Waals surface area contributed by atoms with Gasteiger partial charge in [-0.05, 0) is 53.0 Å². The van der Waals surface area contributed by atoms with Crippen molar-refractivity contribution in [1.29, 1.82) is 0 Å². The fourth-order valence-electron chi connectivity index (χ4n) is 2.41. The molecule has 5 heteroatoms. The summed E-state index contributed by atoms with van der Waals surface area (Å²) in [6, 6.07) is 4.99. The normalized spacial score (nSPS) is 14.9. The van der Waals surface area contributed by atoms with Gasteiger partial charge in [0.15, 0.2) is 0 Å². The molecule has 2 atom stereocenters. The second-order valence-electron chi connectivity index (χ2n) is 5.53. The minimum Gasteiger partial charge on any atom is -0.324 e. The second-order valence-corrected chi connectivity index (χ2v) is 6.18. The van der Waals surface area contributed by atoms with Crippen LogP contribution >= 0.6 is 11.6 Å². The van der Waals surface area contributed by atoms with E-state index in [-0.39, 0.29) is 17.2 Å². The minimum absolute atomic E-state index is 0.202. The number of aromatic nitrogens is 2. The van der Waals surface area contributed by atoms with Crippen LogP contribution in [0.4, 0.5) is 4.39 Å². The van der Waals surface area contributed by atoms with E-state index in [9.17, 15) is 4.39 Å². The Morgan fingerprint density at radius 3 is 2.65 bits per heavy atom. The molecule has 0 aliphatic rings. The van der Waals surface area contributed by atoms with Gasteiger partial charge in [0.1, 0.15) is 11.6 Å². The van der Waals surface area contributed by atoms with E-state index in [0.717, 1.165) is 24.3 Å². The summed E-state index contributed by atoms with van der Waals surface area (Å²) in [5.74, 6) is 0.537. The molecule has 0 saturated heterocycles. The molecule has 0 spiro atoms. The van der Waals surface area contributed by atoms with Crippen LogP contribution in [0.5, 0.6) is 0 Å². The third-order valence-electron chi connectivity index (χ3n) is 3.47. The lowest BCUT2D eigenvalue weighted by Crippen LogP contribution is -2.18. The first-order valence-corrected chi connectivity index (χ1v) is 7.30. The Labute approximate surface area is 124 Å². The molecule has 0 aliphatic carbocycles. The van der Waals surface area contributed by atoms with E-state index < -0.39 is 0 Å². The van der Waals surface area contributed by atoms with Gasteiger partial charge in [-0.2, -0.15) is 0 Å². The molecule has 0 radical (unpaired) electrons. The number of alkyl halides is 1. The molecule has 0 amide bonds. The van der Waals surface area contributed by atoms with Gasteiger partial charge in [-0.1, -0.05) is 0 Å². The number of rotatable bonds is 5. The molecule has 0 bridgehead atoms. The molecule has 0 fully saturated rings. The van der Waals surface area contributed by atoms with Gasteiger partial charge in [0.05, 0.1) is 16.4 Å². The Morgan fingerprint density at radius 2 is 2.05 bits per heavy atom. The van der Waals surface area contributed by atoms with Crippen molar-refractivity contribution < 1.29 is 4.39 Å². The smallest absolute Gasteiger partial charge is 0.127 e. The average molecular weight is 298 g/mol. The molecule has 0 aliphatic heterocycles. The molecular formula is C15H21ClFN3. The number of benzene rings is 1. The fraction of sp³-hybridized carbons (Fsp3) is 0.533. The number of fused-ring (bicyclic) bond motifs is 1. The molecule has 1 aromatic heterocycles. The summed E-state index contributed by atoms with van der Waals surface area (Å²) in [7, 11) is 4.11. The summed E-state index contributed by atoms with van der Waals surface area (Å²) in [4.78, 5) is 6.65. The van der Waals surface area contributed by atoms with E-state index in [4.69, 9.17) is 11.6 Å². The topological polar surface area (TPSA) is 21.1 Å². The number of nitrogens with zero attached hydrogens (tertiary/aromatic N) is 3. The lowest BCUT2D eigenvalue weighted by atomic mass is 10.2. The summed E-state index contributed by atoms with van der Waals surface area (Å²) in [6.07, 6.45) is 0.993. The first kappa shape index (κ1) is 15.3. The maximum Gasteiger partial charge on any atom is 0.127 e. The van der Waals surface area contributed by atoms with Gasteiger partial charge in [-0.25, -0.2) is 9.37 Å². The standard InChI is InChI=1S/C15H21ClFN3/c1-10(7-8-19(3)4)20-14-6-5-12(17)9-13(14)18-15(20)11(2)16/h5-6,9-11H,7-8H2,1-4H3. The predicted molar refractivity (Wildman–Crippen MR) is 81.8 cm³/mol. The predicted octanol–water partition coefficient (Wildman–Crippen LogP) is 3.99. The zero-order valence-electron chi connectivity index (χ0n) is 12.4. The van der Waals surface area contributed by atoms with Crippen molar-refractivity contribution in [3.05, 3.63) is 29.8 Å². The lowest BCUT2D eigenvalue weighted by Gasteiger charge is -2.20. The summed E-state index contributed by atoms with van der Waals surface area (Å²) in [6.45, 7) is 5.03. The van der Waals surface area contributed by atoms with Crippen LogP contribution in [-0.4, -0.2) is 35.1 Å². The zero-order valence-corrected chi connectivity index (χ0v) is 13.2. The van der Waals surface area contributed by atoms with Crippen molar-refractivity contribution >= 4 is 22.6 Å². The molecule has 110 valence electrons. The molecule has 2 rings (SSSR count). The Kier molecular flexibility index (Phi) is 4.66. The van der Waals surface area contributed by atoms with Crippen LogP contribution in [0.1, 0.15) is 37.5 Å². The van der Waals surface area contributed by atoms with Gasteiger partial charge in [0.25, 0.3) is 0 Å². The highest BCUT2D eigenvalue weighted by Gasteiger charge is 2.19. The molecule has 3 nitrogen and oxygen atoms in total. The van der Waals surface area contributed by atoms with Crippen LogP contribution in [0.25, 0.3) is 11.0 Å². The highest BCUT2D eigenvalue weighted by molar-refractivity contribution is 6.20. The monoisotopic (exact) mass is 297 g/mol. The maximum atomic E-state index is 13.3. The van der Waals surface area contributed by atoms with Crippen molar-refractivity contribution in [1.82, 2.24) is 14.5 Å². The molecule has 2 unspecified atom stereocenters. The Hall–Kier alpha value is -1.13. The average Bonchev–Trinajstić information content (AvgIpc) is 2.74. The second kappa shape index (κ2) is 6.10. The SMILES string of the molecule is CC(Cl)c1nc2cc(F)ccc2n1C(C)CCN(C)C. The van der Waals surface area contributed by atoms with Gasteiger partial charge in [0, 0.05) is 12.1 Å². The van der Waals surface area contributed by atoms with Gasteiger partial charge < -0.3 is 9.47 Å². The maximum absolute atomic E-state index is 13.3. The van der Waals surface area contributed by atoms with Crippen LogP contribution in [0.2, 0.25) is 0 Å². The number of hydrogen-bond acceptors (Lipinski definition) is 2. The highest BCUT2D eigenvalue weighted by atomic mass is 35.5. The van der Waals surface area contributed by atoms with E-state index in [1.165, 1.54) is 12.1 Å². The first-order valence-electron chi connectivity index (χ1n) is 6.86. The van der Waals surface area contributed by atoms with Crippen LogP contribution in [-0.2, 0) is 0 Å². The number of halogens is 2. The first-order chi connectivity index (χ1) is 9.40. The summed E-state index contributed by atoms with van der Waals surface area (Å²) < 4.78 is 15.5. The molecule has 0 N–H and O–H groups in total. The van der Waals surface area contributed by atoms with Crippen molar-refractivity contribution in [2.45, 2.75) is 31.7 Å². The van der Waals surface area contributed by atoms with E-state index in [0.29, 0.717) is 5.52 Å². The molecular weight excluding hydrogens is 277 g/mol. The van der Waals surface area contributed by atoms with Crippen molar-refractivity contribution in [3.8, 4) is 0 Å². The third kappa shape index (κ3) is 3.13. The van der Waals surface area contributed by atoms with E-state index in [2.05, 4.69) is 35.5 Å². The minimum atomic E-state index is -0.267. The van der Waals surface area contributed by atoms with Gasteiger partial charge in [-0.15, -0.1) is 11.6 Å².